The average molecular weight is 235 g/mol. The van der Waals surface area contributed by atoms with Gasteiger partial charge in [-0.25, -0.2) is 18.6 Å². The monoisotopic (exact) mass is 235 g/mol. The summed E-state index contributed by atoms with van der Waals surface area (Å²) in [6.07, 6.45) is -2.95. The zero-order valence-electron chi connectivity index (χ0n) is 8.46. The number of nitrogens with zero attached hydrogens (tertiary/aromatic N) is 1. The van der Waals surface area contributed by atoms with Gasteiger partial charge in [0.25, 0.3) is 6.43 Å². The van der Waals surface area contributed by atoms with Crippen molar-refractivity contribution >= 4 is 5.97 Å². The summed E-state index contributed by atoms with van der Waals surface area (Å²) in [7, 11) is 2.15. The number of aromatic nitrogens is 1. The summed E-state index contributed by atoms with van der Waals surface area (Å²) in [6.45, 7) is 0. The van der Waals surface area contributed by atoms with Crippen molar-refractivity contribution < 1.29 is 27.4 Å². The summed E-state index contributed by atoms with van der Waals surface area (Å²) >= 11 is 0. The third kappa shape index (κ3) is 2.23. The summed E-state index contributed by atoms with van der Waals surface area (Å²) in [5.41, 5.74) is -1.41. The molecule has 0 aliphatic rings. The molecule has 16 heavy (non-hydrogen) atoms. The second-order valence-corrected chi connectivity index (χ2v) is 2.71. The lowest BCUT2D eigenvalue weighted by atomic mass is 10.2. The highest BCUT2D eigenvalue weighted by atomic mass is 19.3. The minimum Gasteiger partial charge on any atom is -0.496 e. The molecule has 0 saturated carbocycles. The number of esters is 1. The normalized spacial score (nSPS) is 10.4. The number of carbonyl (C=O) groups excluding carboxylic acids is 1. The van der Waals surface area contributed by atoms with Crippen molar-refractivity contribution in [1.82, 2.24) is 4.98 Å². The highest BCUT2D eigenvalue weighted by Gasteiger charge is 2.23. The van der Waals surface area contributed by atoms with Gasteiger partial charge in [0.15, 0.2) is 5.56 Å². The van der Waals surface area contributed by atoms with Crippen LogP contribution < -0.4 is 4.74 Å². The molecular weight excluding hydrogens is 227 g/mol. The quantitative estimate of drug-likeness (QED) is 0.593. The Morgan fingerprint density at radius 1 is 1.44 bits per heavy atom. The fourth-order valence-corrected chi connectivity index (χ4v) is 1.07. The Morgan fingerprint density at radius 2 is 2.06 bits per heavy atom. The number of carbonyl (C=O) groups is 1. The Kier molecular flexibility index (Phi) is 3.70. The highest BCUT2D eigenvalue weighted by Crippen LogP contribution is 2.27. The van der Waals surface area contributed by atoms with E-state index >= 15 is 0 Å². The molecule has 0 fully saturated rings. The number of hydrogen-bond acceptors (Lipinski definition) is 4. The van der Waals surface area contributed by atoms with E-state index in [2.05, 4.69) is 14.5 Å². The number of pyridine rings is 1. The lowest BCUT2D eigenvalue weighted by Crippen LogP contribution is -2.10. The van der Waals surface area contributed by atoms with Crippen LogP contribution in [0.3, 0.4) is 0 Å². The Morgan fingerprint density at radius 3 is 2.50 bits per heavy atom. The first kappa shape index (κ1) is 12.3. The highest BCUT2D eigenvalue weighted by molar-refractivity contribution is 5.92. The Bertz CT molecular complexity index is 409. The van der Waals surface area contributed by atoms with Crippen LogP contribution in [0.4, 0.5) is 13.2 Å². The maximum absolute atomic E-state index is 13.3. The van der Waals surface area contributed by atoms with Crippen molar-refractivity contribution in [1.29, 1.82) is 0 Å². The van der Waals surface area contributed by atoms with Crippen molar-refractivity contribution in [3.8, 4) is 5.75 Å². The van der Waals surface area contributed by atoms with Crippen molar-refractivity contribution in [3.05, 3.63) is 23.3 Å². The summed E-state index contributed by atoms with van der Waals surface area (Å²) in [5, 5.41) is 0. The van der Waals surface area contributed by atoms with Crippen molar-refractivity contribution in [2.45, 2.75) is 6.43 Å². The Labute approximate surface area is 89.0 Å². The lowest BCUT2D eigenvalue weighted by Gasteiger charge is -2.09. The average Bonchev–Trinajstić information content (AvgIpc) is 2.26. The minimum absolute atomic E-state index is 0.338. The molecule has 0 saturated heterocycles. The smallest absolute Gasteiger partial charge is 0.346 e. The first-order valence-corrected chi connectivity index (χ1v) is 4.12. The van der Waals surface area contributed by atoms with Gasteiger partial charge in [-0.15, -0.1) is 0 Å². The van der Waals surface area contributed by atoms with Crippen molar-refractivity contribution in [2.24, 2.45) is 0 Å². The molecule has 0 aliphatic heterocycles. The molecule has 1 aromatic heterocycles. The minimum atomic E-state index is -2.95. The molecule has 0 radical (unpaired) electrons. The van der Waals surface area contributed by atoms with Gasteiger partial charge >= 0.3 is 5.97 Å². The fraction of sp³-hybridized carbons (Fsp3) is 0.333. The number of alkyl halides is 2. The summed E-state index contributed by atoms with van der Waals surface area (Å²) < 4.78 is 46.7. The van der Waals surface area contributed by atoms with Crippen LogP contribution in [0, 0.1) is 5.95 Å². The van der Waals surface area contributed by atoms with E-state index in [1.807, 2.05) is 0 Å². The van der Waals surface area contributed by atoms with Gasteiger partial charge in [-0.05, 0) is 0 Å². The molecule has 0 N–H and O–H groups in total. The molecule has 0 amide bonds. The number of methoxy groups -OCH3 is 2. The number of rotatable bonds is 3. The van der Waals surface area contributed by atoms with E-state index in [1.54, 1.807) is 0 Å². The number of halogens is 3. The predicted octanol–water partition coefficient (Wildman–Crippen LogP) is 1.95. The van der Waals surface area contributed by atoms with Crippen LogP contribution in [-0.4, -0.2) is 25.2 Å². The number of ether oxygens (including phenoxy) is 2. The van der Waals surface area contributed by atoms with Gasteiger partial charge in [0.1, 0.15) is 11.4 Å². The van der Waals surface area contributed by atoms with E-state index in [9.17, 15) is 18.0 Å². The molecular formula is C9H8F3NO3. The SMILES string of the molecule is COC(=O)c1c(OC)cc(C(F)F)nc1F. The van der Waals surface area contributed by atoms with Crippen LogP contribution in [-0.2, 0) is 4.74 Å². The maximum Gasteiger partial charge on any atom is 0.346 e. The first-order valence-electron chi connectivity index (χ1n) is 4.12. The van der Waals surface area contributed by atoms with E-state index in [0.717, 1.165) is 20.3 Å². The molecule has 0 unspecified atom stereocenters. The topological polar surface area (TPSA) is 48.4 Å². The largest absolute Gasteiger partial charge is 0.496 e. The van der Waals surface area contributed by atoms with Crippen LogP contribution in [0.2, 0.25) is 0 Å². The van der Waals surface area contributed by atoms with E-state index in [0.29, 0.717) is 0 Å². The fourth-order valence-electron chi connectivity index (χ4n) is 1.07. The van der Waals surface area contributed by atoms with Crippen LogP contribution in [0.1, 0.15) is 22.5 Å². The van der Waals surface area contributed by atoms with Crippen molar-refractivity contribution in [2.75, 3.05) is 14.2 Å². The molecule has 88 valence electrons. The van der Waals surface area contributed by atoms with E-state index < -0.39 is 29.6 Å². The van der Waals surface area contributed by atoms with Gasteiger partial charge in [0, 0.05) is 6.07 Å². The Hall–Kier alpha value is -1.79. The lowest BCUT2D eigenvalue weighted by molar-refractivity contribution is 0.0589. The standard InChI is InChI=1S/C9H8F3NO3/c1-15-5-3-4(7(10)11)13-8(12)6(5)9(14)16-2/h3,7H,1-2H3. The van der Waals surface area contributed by atoms with Gasteiger partial charge in [-0.3, -0.25) is 0 Å². The second-order valence-electron chi connectivity index (χ2n) is 2.71. The van der Waals surface area contributed by atoms with Gasteiger partial charge in [0.05, 0.1) is 14.2 Å². The summed E-state index contributed by atoms with van der Waals surface area (Å²) in [6, 6.07) is 0.792. The third-order valence-corrected chi connectivity index (χ3v) is 1.79. The zero-order chi connectivity index (χ0) is 12.3. The molecule has 7 heteroatoms. The third-order valence-electron chi connectivity index (χ3n) is 1.79. The molecule has 0 atom stereocenters. The van der Waals surface area contributed by atoms with Crippen LogP contribution in [0.5, 0.6) is 5.75 Å². The van der Waals surface area contributed by atoms with Crippen LogP contribution >= 0.6 is 0 Å². The maximum atomic E-state index is 13.3. The molecule has 1 rings (SSSR count). The Balaban J connectivity index is 3.34. The zero-order valence-corrected chi connectivity index (χ0v) is 8.46. The second kappa shape index (κ2) is 4.82. The van der Waals surface area contributed by atoms with Crippen LogP contribution in [0.25, 0.3) is 0 Å². The molecule has 1 heterocycles. The molecule has 0 spiro atoms. The van der Waals surface area contributed by atoms with E-state index in [-0.39, 0.29) is 5.75 Å². The summed E-state index contributed by atoms with van der Waals surface area (Å²) in [4.78, 5) is 14.1. The van der Waals surface area contributed by atoms with Crippen molar-refractivity contribution in [3.63, 3.8) is 0 Å². The van der Waals surface area contributed by atoms with Crippen LogP contribution in [0.15, 0.2) is 6.07 Å². The van der Waals surface area contributed by atoms with Gasteiger partial charge < -0.3 is 9.47 Å². The van der Waals surface area contributed by atoms with E-state index in [1.165, 1.54) is 0 Å². The van der Waals surface area contributed by atoms with Gasteiger partial charge in [0.2, 0.25) is 5.95 Å². The van der Waals surface area contributed by atoms with Gasteiger partial charge in [-0.1, -0.05) is 0 Å². The molecule has 0 aliphatic carbocycles. The predicted molar refractivity (Wildman–Crippen MR) is 47.0 cm³/mol. The summed E-state index contributed by atoms with van der Waals surface area (Å²) in [5.74, 6) is -2.72. The molecule has 1 aromatic rings. The number of hydrogen-bond donors (Lipinski definition) is 0. The van der Waals surface area contributed by atoms with Gasteiger partial charge in [-0.2, -0.15) is 4.39 Å². The van der Waals surface area contributed by atoms with E-state index in [4.69, 9.17) is 0 Å². The molecule has 0 bridgehead atoms. The molecule has 0 aromatic carbocycles. The molecule has 4 nitrogen and oxygen atoms in total. The first-order chi connectivity index (χ1) is 7.51.